The van der Waals surface area contributed by atoms with E-state index >= 15 is 0 Å². The number of amides is 1. The van der Waals surface area contributed by atoms with Crippen LogP contribution in [-0.2, 0) is 4.79 Å². The highest BCUT2D eigenvalue weighted by molar-refractivity contribution is 7.99. The maximum atomic E-state index is 12.1. The predicted molar refractivity (Wildman–Crippen MR) is 103 cm³/mol. The number of nitrogens with one attached hydrogen (secondary N) is 1. The van der Waals surface area contributed by atoms with Crippen molar-refractivity contribution in [3.63, 3.8) is 0 Å². The second-order valence-corrected chi connectivity index (χ2v) is 6.71. The predicted octanol–water partition coefficient (Wildman–Crippen LogP) is 4.24. The normalized spacial score (nSPS) is 10.3. The Balaban J connectivity index is 1.54. The topological polar surface area (TPSA) is 75.0 Å². The molecule has 1 amide bonds. The molecule has 1 N–H and O–H groups in total. The molecule has 3 rings (SSSR count). The summed E-state index contributed by atoms with van der Waals surface area (Å²) in [6.07, 6.45) is 0.406. The molecule has 3 aromatic rings. The van der Waals surface area contributed by atoms with E-state index in [-0.39, 0.29) is 5.91 Å². The minimum atomic E-state index is -0.0352. The van der Waals surface area contributed by atoms with Crippen molar-refractivity contribution in [2.24, 2.45) is 0 Å². The van der Waals surface area contributed by atoms with E-state index in [0.29, 0.717) is 23.6 Å². The van der Waals surface area contributed by atoms with Crippen LogP contribution in [-0.4, -0.2) is 23.8 Å². The summed E-state index contributed by atoms with van der Waals surface area (Å²) < 4.78 is 5.11. The fourth-order valence-electron chi connectivity index (χ4n) is 2.41. The van der Waals surface area contributed by atoms with Crippen molar-refractivity contribution in [2.45, 2.75) is 11.3 Å². The molecule has 26 heavy (non-hydrogen) atoms. The Bertz CT molecular complexity index is 965. The molecular weight excluding hydrogens is 346 g/mol. The summed E-state index contributed by atoms with van der Waals surface area (Å²) in [5.41, 5.74) is 2.20. The molecule has 0 radical (unpaired) electrons. The number of ether oxygens (including phenoxy) is 1. The van der Waals surface area contributed by atoms with E-state index in [4.69, 9.17) is 10.00 Å². The minimum absolute atomic E-state index is 0.0352. The van der Waals surface area contributed by atoms with Crippen molar-refractivity contribution in [1.82, 2.24) is 4.98 Å². The van der Waals surface area contributed by atoms with Crippen LogP contribution in [0.25, 0.3) is 10.9 Å². The molecule has 0 bridgehead atoms. The Labute approximate surface area is 156 Å². The smallest absolute Gasteiger partial charge is 0.225 e. The lowest BCUT2D eigenvalue weighted by atomic mass is 10.2. The van der Waals surface area contributed by atoms with Crippen molar-refractivity contribution in [3.05, 3.63) is 60.2 Å². The van der Waals surface area contributed by atoms with Crippen molar-refractivity contribution in [3.8, 4) is 11.9 Å². The zero-order chi connectivity index (χ0) is 18.4. The number of thioether (sulfide) groups is 1. The standard InChI is InChI=1S/C20H17N3O2S/c1-25-20-9-4-15-12-16(5-8-18(15)23-20)22-19(24)10-11-26-17-6-2-14(13-21)3-7-17/h2-9,12H,10-11H2,1H3,(H,22,24). The van der Waals surface area contributed by atoms with Crippen molar-refractivity contribution in [2.75, 3.05) is 18.2 Å². The second kappa shape index (κ2) is 8.37. The average Bonchev–Trinajstić information content (AvgIpc) is 2.68. The van der Waals surface area contributed by atoms with Gasteiger partial charge in [-0.15, -0.1) is 11.8 Å². The molecule has 0 aliphatic heterocycles. The first-order chi connectivity index (χ1) is 12.7. The van der Waals surface area contributed by atoms with E-state index in [1.54, 1.807) is 37.1 Å². The third kappa shape index (κ3) is 4.52. The van der Waals surface area contributed by atoms with Crippen LogP contribution in [0.2, 0.25) is 0 Å². The molecule has 1 aromatic heterocycles. The average molecular weight is 363 g/mol. The molecule has 0 saturated carbocycles. The van der Waals surface area contributed by atoms with Crippen LogP contribution in [0.3, 0.4) is 0 Å². The van der Waals surface area contributed by atoms with Gasteiger partial charge in [-0.2, -0.15) is 5.26 Å². The van der Waals surface area contributed by atoms with Gasteiger partial charge in [-0.25, -0.2) is 4.98 Å². The van der Waals surface area contributed by atoms with Gasteiger partial charge in [0.1, 0.15) is 0 Å². The second-order valence-electron chi connectivity index (χ2n) is 5.54. The summed E-state index contributed by atoms with van der Waals surface area (Å²) in [4.78, 5) is 17.5. The van der Waals surface area contributed by atoms with Crippen LogP contribution in [0.5, 0.6) is 5.88 Å². The number of aromatic nitrogens is 1. The van der Waals surface area contributed by atoms with Gasteiger partial charge in [-0.05, 0) is 48.5 Å². The summed E-state index contributed by atoms with van der Waals surface area (Å²) in [5, 5.41) is 12.6. The van der Waals surface area contributed by atoms with Crippen LogP contribution >= 0.6 is 11.8 Å². The first kappa shape index (κ1) is 17.8. The summed E-state index contributed by atoms with van der Waals surface area (Å²) in [7, 11) is 1.58. The van der Waals surface area contributed by atoms with E-state index in [0.717, 1.165) is 21.5 Å². The van der Waals surface area contributed by atoms with Gasteiger partial charge in [0.05, 0.1) is 24.3 Å². The zero-order valence-electron chi connectivity index (χ0n) is 14.2. The van der Waals surface area contributed by atoms with Crippen LogP contribution in [0, 0.1) is 11.3 Å². The molecule has 1 heterocycles. The minimum Gasteiger partial charge on any atom is -0.481 e. The molecule has 0 aliphatic carbocycles. The van der Waals surface area contributed by atoms with Crippen molar-refractivity contribution >= 4 is 34.3 Å². The number of nitriles is 1. The number of benzene rings is 2. The number of carbonyl (C=O) groups excluding carboxylic acids is 1. The largest absolute Gasteiger partial charge is 0.481 e. The van der Waals surface area contributed by atoms with E-state index in [2.05, 4.69) is 16.4 Å². The van der Waals surface area contributed by atoms with Gasteiger partial charge in [0, 0.05) is 34.2 Å². The molecule has 2 aromatic carbocycles. The number of rotatable bonds is 6. The fraction of sp³-hybridized carbons (Fsp3) is 0.150. The molecule has 5 nitrogen and oxygen atoms in total. The van der Waals surface area contributed by atoms with Crippen LogP contribution < -0.4 is 10.1 Å². The molecule has 0 fully saturated rings. The fourth-order valence-corrected chi connectivity index (χ4v) is 3.26. The number of hydrogen-bond donors (Lipinski definition) is 1. The van der Waals surface area contributed by atoms with E-state index < -0.39 is 0 Å². The first-order valence-electron chi connectivity index (χ1n) is 8.05. The lowest BCUT2D eigenvalue weighted by Gasteiger charge is -2.07. The Hall–Kier alpha value is -3.04. The number of methoxy groups -OCH3 is 1. The Morgan fingerprint density at radius 3 is 2.73 bits per heavy atom. The van der Waals surface area contributed by atoms with E-state index in [1.807, 2.05) is 36.4 Å². The van der Waals surface area contributed by atoms with E-state index in [9.17, 15) is 4.79 Å². The summed E-state index contributed by atoms with van der Waals surface area (Å²) in [6.45, 7) is 0. The molecule has 0 aliphatic rings. The monoisotopic (exact) mass is 363 g/mol. The van der Waals surface area contributed by atoms with Crippen molar-refractivity contribution < 1.29 is 9.53 Å². The summed E-state index contributed by atoms with van der Waals surface area (Å²) in [6, 6.07) is 18.7. The number of pyridine rings is 1. The highest BCUT2D eigenvalue weighted by atomic mass is 32.2. The highest BCUT2D eigenvalue weighted by Gasteiger charge is 2.05. The van der Waals surface area contributed by atoms with Crippen LogP contribution in [0.4, 0.5) is 5.69 Å². The van der Waals surface area contributed by atoms with E-state index in [1.165, 1.54) is 0 Å². The molecule has 0 atom stereocenters. The maximum Gasteiger partial charge on any atom is 0.225 e. The molecule has 130 valence electrons. The Kier molecular flexibility index (Phi) is 5.72. The third-order valence-electron chi connectivity index (χ3n) is 3.74. The van der Waals surface area contributed by atoms with Gasteiger partial charge in [-0.3, -0.25) is 4.79 Å². The van der Waals surface area contributed by atoms with Crippen molar-refractivity contribution in [1.29, 1.82) is 5.26 Å². The van der Waals surface area contributed by atoms with Gasteiger partial charge in [0.2, 0.25) is 11.8 Å². The first-order valence-corrected chi connectivity index (χ1v) is 9.04. The van der Waals surface area contributed by atoms with Gasteiger partial charge >= 0.3 is 0 Å². The van der Waals surface area contributed by atoms with Gasteiger partial charge < -0.3 is 10.1 Å². The molecule has 0 spiro atoms. The Morgan fingerprint density at radius 2 is 2.00 bits per heavy atom. The molecule has 0 unspecified atom stereocenters. The number of nitrogens with zero attached hydrogens (tertiary/aromatic N) is 2. The number of fused-ring (bicyclic) bond motifs is 1. The zero-order valence-corrected chi connectivity index (χ0v) is 15.0. The molecule has 6 heteroatoms. The maximum absolute atomic E-state index is 12.1. The van der Waals surface area contributed by atoms with Gasteiger partial charge in [-0.1, -0.05) is 0 Å². The lowest BCUT2D eigenvalue weighted by molar-refractivity contribution is -0.115. The third-order valence-corrected chi connectivity index (χ3v) is 4.75. The molecule has 0 saturated heterocycles. The number of anilines is 1. The number of hydrogen-bond acceptors (Lipinski definition) is 5. The lowest BCUT2D eigenvalue weighted by Crippen LogP contribution is -2.12. The van der Waals surface area contributed by atoms with Crippen LogP contribution in [0.1, 0.15) is 12.0 Å². The summed E-state index contributed by atoms with van der Waals surface area (Å²) in [5.74, 6) is 1.20. The number of carbonyl (C=O) groups is 1. The van der Waals surface area contributed by atoms with Crippen LogP contribution in [0.15, 0.2) is 59.5 Å². The van der Waals surface area contributed by atoms with Gasteiger partial charge in [0.25, 0.3) is 0 Å². The quantitative estimate of drug-likeness (QED) is 0.663. The SMILES string of the molecule is COc1ccc2cc(NC(=O)CCSc3ccc(C#N)cc3)ccc2n1. The Morgan fingerprint density at radius 1 is 1.19 bits per heavy atom. The highest BCUT2D eigenvalue weighted by Crippen LogP contribution is 2.22. The van der Waals surface area contributed by atoms with Gasteiger partial charge in [0.15, 0.2) is 0 Å². The molecular formula is C20H17N3O2S. The summed E-state index contributed by atoms with van der Waals surface area (Å²) >= 11 is 1.59.